The number of carbonyl (C=O) groups is 1. The van der Waals surface area contributed by atoms with E-state index in [2.05, 4.69) is 5.32 Å². The molecule has 1 N–H and O–H groups in total. The second-order valence-corrected chi connectivity index (χ2v) is 4.35. The van der Waals surface area contributed by atoms with Crippen molar-refractivity contribution >= 4 is 5.97 Å². The Morgan fingerprint density at radius 2 is 1.94 bits per heavy atom. The molecule has 86 valence electrons. The molecular weight excluding hydrogens is 202 g/mol. The molecule has 1 aliphatic rings. The molecule has 3 heteroatoms. The average molecular weight is 219 g/mol. The van der Waals surface area contributed by atoms with Gasteiger partial charge < -0.3 is 4.74 Å². The van der Waals surface area contributed by atoms with Gasteiger partial charge in [-0.3, -0.25) is 10.1 Å². The summed E-state index contributed by atoms with van der Waals surface area (Å²) in [4.78, 5) is 11.5. The molecular formula is C13H17NO2. The summed E-state index contributed by atoms with van der Waals surface area (Å²) in [5.74, 6) is 0.104. The molecule has 16 heavy (non-hydrogen) atoms. The van der Waals surface area contributed by atoms with E-state index < -0.39 is 0 Å². The minimum absolute atomic E-state index is 0.0146. The van der Waals surface area contributed by atoms with Crippen LogP contribution in [-0.4, -0.2) is 18.1 Å². The molecule has 0 spiro atoms. The summed E-state index contributed by atoms with van der Waals surface area (Å²) in [5, 5.41) is 3.25. The normalized spacial score (nSPS) is 29.1. The van der Waals surface area contributed by atoms with Gasteiger partial charge in [0.1, 0.15) is 12.1 Å². The largest absolute Gasteiger partial charge is 0.461 e. The molecule has 0 bridgehead atoms. The van der Waals surface area contributed by atoms with Crippen LogP contribution in [0.4, 0.5) is 0 Å². The number of nitrogens with one attached hydrogen (secondary N) is 1. The smallest absolute Gasteiger partial charge is 0.323 e. The zero-order chi connectivity index (χ0) is 11.5. The van der Waals surface area contributed by atoms with Crippen LogP contribution in [0.25, 0.3) is 0 Å². The van der Waals surface area contributed by atoms with Crippen LogP contribution in [0.2, 0.25) is 0 Å². The molecule has 0 radical (unpaired) electrons. The van der Waals surface area contributed by atoms with Crippen molar-refractivity contribution in [3.63, 3.8) is 0 Å². The van der Waals surface area contributed by atoms with Gasteiger partial charge in [-0.25, -0.2) is 0 Å². The summed E-state index contributed by atoms with van der Waals surface area (Å²) >= 11 is 0. The standard InChI is InChI=1S/C13H17NO2/c1-9-10(2)16-13(15)12(9)14-8-11-6-4-3-5-7-11/h3-7,9-10,12,14H,8H2,1-2H3/t9-,10-,12+/m0/s1. The number of carbonyl (C=O) groups excluding carboxylic acids is 1. The maximum absolute atomic E-state index is 11.5. The summed E-state index contributed by atoms with van der Waals surface area (Å²) in [6.07, 6.45) is 0.0146. The second kappa shape index (κ2) is 4.66. The highest BCUT2D eigenvalue weighted by atomic mass is 16.6. The molecule has 2 rings (SSSR count). The highest BCUT2D eigenvalue weighted by molar-refractivity contribution is 5.78. The Morgan fingerprint density at radius 1 is 1.25 bits per heavy atom. The minimum Gasteiger partial charge on any atom is -0.461 e. The lowest BCUT2D eigenvalue weighted by Gasteiger charge is -2.14. The third-order valence-corrected chi connectivity index (χ3v) is 3.19. The molecule has 0 amide bonds. The zero-order valence-electron chi connectivity index (χ0n) is 9.64. The third-order valence-electron chi connectivity index (χ3n) is 3.19. The van der Waals surface area contributed by atoms with Crippen molar-refractivity contribution in [1.82, 2.24) is 5.32 Å². The molecule has 3 atom stereocenters. The predicted molar refractivity (Wildman–Crippen MR) is 61.8 cm³/mol. The topological polar surface area (TPSA) is 38.3 Å². The zero-order valence-corrected chi connectivity index (χ0v) is 9.64. The summed E-state index contributed by atoms with van der Waals surface area (Å²) in [6.45, 7) is 4.68. The van der Waals surface area contributed by atoms with Gasteiger partial charge in [0, 0.05) is 12.5 Å². The van der Waals surface area contributed by atoms with Gasteiger partial charge in [0.25, 0.3) is 0 Å². The third kappa shape index (κ3) is 2.25. The Hall–Kier alpha value is -1.35. The van der Waals surface area contributed by atoms with Gasteiger partial charge in [0.2, 0.25) is 0 Å². The van der Waals surface area contributed by atoms with Crippen LogP contribution in [0.15, 0.2) is 30.3 Å². The van der Waals surface area contributed by atoms with Crippen molar-refractivity contribution in [1.29, 1.82) is 0 Å². The van der Waals surface area contributed by atoms with E-state index in [1.807, 2.05) is 44.2 Å². The van der Waals surface area contributed by atoms with Crippen molar-refractivity contribution in [2.75, 3.05) is 0 Å². The summed E-state index contributed by atoms with van der Waals surface area (Å²) in [5.41, 5.74) is 1.18. The van der Waals surface area contributed by atoms with Crippen LogP contribution in [0.3, 0.4) is 0 Å². The maximum atomic E-state index is 11.5. The lowest BCUT2D eigenvalue weighted by Crippen LogP contribution is -2.37. The van der Waals surface area contributed by atoms with Crippen LogP contribution in [0.1, 0.15) is 19.4 Å². The molecule has 3 nitrogen and oxygen atoms in total. The van der Waals surface area contributed by atoms with Gasteiger partial charge in [-0.15, -0.1) is 0 Å². The highest BCUT2D eigenvalue weighted by Crippen LogP contribution is 2.21. The van der Waals surface area contributed by atoms with E-state index >= 15 is 0 Å². The molecule has 1 aliphatic heterocycles. The van der Waals surface area contributed by atoms with Crippen LogP contribution >= 0.6 is 0 Å². The molecule has 0 unspecified atom stereocenters. The van der Waals surface area contributed by atoms with Crippen molar-refractivity contribution < 1.29 is 9.53 Å². The summed E-state index contributed by atoms with van der Waals surface area (Å²) in [7, 11) is 0. The van der Waals surface area contributed by atoms with Crippen LogP contribution in [-0.2, 0) is 16.1 Å². The minimum atomic E-state index is -0.171. The lowest BCUT2D eigenvalue weighted by atomic mass is 10.00. The first-order valence-corrected chi connectivity index (χ1v) is 5.66. The molecule has 0 saturated carbocycles. The maximum Gasteiger partial charge on any atom is 0.323 e. The van der Waals surface area contributed by atoms with Gasteiger partial charge in [-0.05, 0) is 12.5 Å². The SMILES string of the molecule is C[C@H]1[C@H](C)OC(=O)[C@@H]1NCc1ccccc1. The number of hydrogen-bond acceptors (Lipinski definition) is 3. The Morgan fingerprint density at radius 3 is 2.50 bits per heavy atom. The van der Waals surface area contributed by atoms with Crippen molar-refractivity contribution in [3.05, 3.63) is 35.9 Å². The van der Waals surface area contributed by atoms with Gasteiger partial charge in [0.05, 0.1) is 0 Å². The number of hydrogen-bond donors (Lipinski definition) is 1. The van der Waals surface area contributed by atoms with Crippen LogP contribution in [0.5, 0.6) is 0 Å². The first-order chi connectivity index (χ1) is 7.68. The van der Waals surface area contributed by atoms with Gasteiger partial charge in [0.15, 0.2) is 0 Å². The van der Waals surface area contributed by atoms with E-state index in [1.54, 1.807) is 0 Å². The van der Waals surface area contributed by atoms with Crippen molar-refractivity contribution in [3.8, 4) is 0 Å². The lowest BCUT2D eigenvalue weighted by molar-refractivity contribution is -0.142. The van der Waals surface area contributed by atoms with Gasteiger partial charge in [-0.2, -0.15) is 0 Å². The summed E-state index contributed by atoms with van der Waals surface area (Å²) in [6, 6.07) is 9.89. The fourth-order valence-electron chi connectivity index (χ4n) is 1.94. The summed E-state index contributed by atoms with van der Waals surface area (Å²) < 4.78 is 5.17. The fourth-order valence-corrected chi connectivity index (χ4v) is 1.94. The number of benzene rings is 1. The highest BCUT2D eigenvalue weighted by Gasteiger charge is 2.38. The number of esters is 1. The molecule has 1 heterocycles. The molecule has 0 aliphatic carbocycles. The quantitative estimate of drug-likeness (QED) is 0.787. The molecule has 0 aromatic heterocycles. The van der Waals surface area contributed by atoms with Gasteiger partial charge in [-0.1, -0.05) is 37.3 Å². The predicted octanol–water partition coefficient (Wildman–Crippen LogP) is 1.73. The Labute approximate surface area is 95.8 Å². The Bertz CT molecular complexity index is 363. The number of cyclic esters (lactones) is 1. The first-order valence-electron chi connectivity index (χ1n) is 5.66. The van der Waals surface area contributed by atoms with Crippen molar-refractivity contribution in [2.45, 2.75) is 32.5 Å². The molecule has 1 saturated heterocycles. The van der Waals surface area contributed by atoms with E-state index in [0.29, 0.717) is 6.54 Å². The fraction of sp³-hybridized carbons (Fsp3) is 0.462. The Kier molecular flexibility index (Phi) is 3.25. The monoisotopic (exact) mass is 219 g/mol. The average Bonchev–Trinajstić information content (AvgIpc) is 2.53. The number of rotatable bonds is 3. The van der Waals surface area contributed by atoms with E-state index in [9.17, 15) is 4.79 Å². The van der Waals surface area contributed by atoms with E-state index in [-0.39, 0.29) is 24.0 Å². The molecule has 1 fully saturated rings. The molecule has 1 aromatic carbocycles. The van der Waals surface area contributed by atoms with Crippen LogP contribution in [0, 0.1) is 5.92 Å². The van der Waals surface area contributed by atoms with Crippen LogP contribution < -0.4 is 5.32 Å². The first kappa shape index (κ1) is 11.1. The number of ether oxygens (including phenoxy) is 1. The van der Waals surface area contributed by atoms with Crippen molar-refractivity contribution in [2.24, 2.45) is 5.92 Å². The van der Waals surface area contributed by atoms with Gasteiger partial charge >= 0.3 is 5.97 Å². The van der Waals surface area contributed by atoms with E-state index in [1.165, 1.54) is 5.56 Å². The van der Waals surface area contributed by atoms with E-state index in [0.717, 1.165) is 0 Å². The Balaban J connectivity index is 1.93. The second-order valence-electron chi connectivity index (χ2n) is 4.35. The molecule has 1 aromatic rings. The van der Waals surface area contributed by atoms with E-state index in [4.69, 9.17) is 4.74 Å².